The van der Waals surface area contributed by atoms with Crippen LogP contribution < -0.4 is 5.73 Å². The monoisotopic (exact) mass is 243 g/mol. The van der Waals surface area contributed by atoms with Crippen LogP contribution in [0.25, 0.3) is 11.0 Å². The number of rotatable bonds is 2. The molecule has 3 rings (SSSR count). The van der Waals surface area contributed by atoms with Crippen LogP contribution in [0, 0.1) is 0 Å². The molecule has 1 aliphatic carbocycles. The van der Waals surface area contributed by atoms with Crippen molar-refractivity contribution in [3.05, 3.63) is 29.6 Å². The molecule has 1 fully saturated rings. The first kappa shape index (κ1) is 11.7. The molecule has 0 spiro atoms. The Bertz CT molecular complexity index is 577. The third kappa shape index (κ3) is 1.74. The van der Waals surface area contributed by atoms with Crippen molar-refractivity contribution in [2.24, 2.45) is 12.8 Å². The predicted octanol–water partition coefficient (Wildman–Crippen LogP) is 2.90. The highest BCUT2D eigenvalue weighted by Crippen LogP contribution is 2.36. The van der Waals surface area contributed by atoms with Gasteiger partial charge in [-0.3, -0.25) is 0 Å². The van der Waals surface area contributed by atoms with Gasteiger partial charge in [0.25, 0.3) is 0 Å². The number of aryl methyl sites for hydroxylation is 1. The summed E-state index contributed by atoms with van der Waals surface area (Å²) in [5.41, 5.74) is 9.65. The second-order valence-electron chi connectivity index (χ2n) is 5.86. The Balaban J connectivity index is 2.03. The Labute approximate surface area is 108 Å². The molecule has 0 atom stereocenters. The first-order valence-corrected chi connectivity index (χ1v) is 6.78. The minimum Gasteiger partial charge on any atom is -0.331 e. The summed E-state index contributed by atoms with van der Waals surface area (Å²) >= 11 is 0. The quantitative estimate of drug-likeness (QED) is 0.881. The smallest absolute Gasteiger partial charge is 0.112 e. The van der Waals surface area contributed by atoms with Crippen LogP contribution in [0.15, 0.2) is 18.2 Å². The minimum absolute atomic E-state index is 0.406. The fourth-order valence-electron chi connectivity index (χ4n) is 2.93. The van der Waals surface area contributed by atoms with E-state index in [1.807, 2.05) is 0 Å². The van der Waals surface area contributed by atoms with Crippen molar-refractivity contribution in [1.29, 1.82) is 0 Å². The first-order valence-electron chi connectivity index (χ1n) is 6.78. The second-order valence-corrected chi connectivity index (χ2v) is 5.86. The Hall–Kier alpha value is -1.35. The average molecular weight is 243 g/mol. The molecular weight excluding hydrogens is 222 g/mol. The average Bonchev–Trinajstić information content (AvgIpc) is 2.63. The van der Waals surface area contributed by atoms with Gasteiger partial charge in [0.15, 0.2) is 0 Å². The van der Waals surface area contributed by atoms with E-state index in [2.05, 4.69) is 43.7 Å². The van der Waals surface area contributed by atoms with Gasteiger partial charge in [-0.15, -0.1) is 0 Å². The third-order valence-corrected chi connectivity index (χ3v) is 4.10. The minimum atomic E-state index is 0.406. The maximum atomic E-state index is 5.88. The van der Waals surface area contributed by atoms with Crippen LogP contribution in [0.5, 0.6) is 0 Å². The van der Waals surface area contributed by atoms with Crippen LogP contribution in [0.3, 0.4) is 0 Å². The highest BCUT2D eigenvalue weighted by molar-refractivity contribution is 5.77. The summed E-state index contributed by atoms with van der Waals surface area (Å²) in [4.78, 5) is 4.71. The lowest BCUT2D eigenvalue weighted by Gasteiger charge is -2.32. The van der Waals surface area contributed by atoms with Crippen molar-refractivity contribution in [3.63, 3.8) is 0 Å². The van der Waals surface area contributed by atoms with Gasteiger partial charge in [-0.05, 0) is 36.5 Å². The zero-order valence-electron chi connectivity index (χ0n) is 11.4. The molecule has 2 aromatic rings. The molecule has 96 valence electrons. The largest absolute Gasteiger partial charge is 0.331 e. The number of nitrogens with zero attached hydrogens (tertiary/aromatic N) is 2. The normalized spacial score (nSPS) is 23.6. The molecule has 1 aromatic carbocycles. The van der Waals surface area contributed by atoms with Crippen molar-refractivity contribution in [2.45, 2.75) is 44.6 Å². The molecule has 0 amide bonds. The molecule has 0 bridgehead atoms. The Kier molecular flexibility index (Phi) is 2.67. The van der Waals surface area contributed by atoms with Gasteiger partial charge in [0.1, 0.15) is 5.82 Å². The summed E-state index contributed by atoms with van der Waals surface area (Å²) in [5, 5.41) is 0. The van der Waals surface area contributed by atoms with Gasteiger partial charge in [-0.2, -0.15) is 0 Å². The molecule has 1 aromatic heterocycles. The lowest BCUT2D eigenvalue weighted by atomic mass is 9.76. The van der Waals surface area contributed by atoms with Crippen LogP contribution in [0.2, 0.25) is 0 Å². The maximum Gasteiger partial charge on any atom is 0.112 e. The van der Waals surface area contributed by atoms with Gasteiger partial charge < -0.3 is 10.3 Å². The number of fused-ring (bicyclic) bond motifs is 1. The lowest BCUT2D eigenvalue weighted by Crippen LogP contribution is -2.34. The maximum absolute atomic E-state index is 5.88. The number of hydrogen-bond acceptors (Lipinski definition) is 2. The van der Waals surface area contributed by atoms with E-state index in [0.29, 0.717) is 17.9 Å². The zero-order chi connectivity index (χ0) is 12.9. The second kappa shape index (κ2) is 4.09. The number of benzene rings is 1. The zero-order valence-corrected chi connectivity index (χ0v) is 11.4. The molecule has 0 radical (unpaired) electrons. The van der Waals surface area contributed by atoms with Crippen molar-refractivity contribution < 1.29 is 0 Å². The fourth-order valence-corrected chi connectivity index (χ4v) is 2.93. The molecule has 3 nitrogen and oxygen atoms in total. The number of aromatic nitrogens is 2. The van der Waals surface area contributed by atoms with Gasteiger partial charge in [0.05, 0.1) is 11.0 Å². The number of nitrogens with two attached hydrogens (primary N) is 1. The third-order valence-electron chi connectivity index (χ3n) is 4.10. The summed E-state index contributed by atoms with van der Waals surface area (Å²) in [6.45, 7) is 4.38. The van der Waals surface area contributed by atoms with Crippen LogP contribution in [0.1, 0.15) is 49.9 Å². The Morgan fingerprint density at radius 3 is 2.67 bits per heavy atom. The molecule has 2 N–H and O–H groups in total. The van der Waals surface area contributed by atoms with Gasteiger partial charge in [-0.25, -0.2) is 4.98 Å². The van der Waals surface area contributed by atoms with Crippen molar-refractivity contribution >= 4 is 11.0 Å². The molecule has 0 saturated heterocycles. The molecular formula is C15H21N3. The van der Waals surface area contributed by atoms with Crippen molar-refractivity contribution in [2.75, 3.05) is 0 Å². The van der Waals surface area contributed by atoms with Crippen molar-refractivity contribution in [1.82, 2.24) is 9.55 Å². The van der Waals surface area contributed by atoms with Crippen LogP contribution in [0.4, 0.5) is 0 Å². The molecule has 0 unspecified atom stereocenters. The standard InChI is InChI=1S/C15H21N3/c1-9(2)15-17-13-5-4-10(8-14(13)18(15)3)11-6-12(16)7-11/h4-5,8-9,11-12H,6-7,16H2,1-3H3. The SMILES string of the molecule is CC(C)c1nc2ccc(C3CC(N)C3)cc2n1C. The molecule has 1 heterocycles. The Morgan fingerprint density at radius 2 is 2.06 bits per heavy atom. The van der Waals surface area contributed by atoms with Crippen LogP contribution >= 0.6 is 0 Å². The van der Waals surface area contributed by atoms with Crippen LogP contribution in [-0.2, 0) is 7.05 Å². The van der Waals surface area contributed by atoms with E-state index >= 15 is 0 Å². The van der Waals surface area contributed by atoms with E-state index < -0.39 is 0 Å². The van der Waals surface area contributed by atoms with E-state index in [1.165, 1.54) is 11.1 Å². The highest BCUT2D eigenvalue weighted by atomic mass is 15.1. The lowest BCUT2D eigenvalue weighted by molar-refractivity contribution is 0.351. The summed E-state index contributed by atoms with van der Waals surface area (Å²) < 4.78 is 2.22. The fraction of sp³-hybridized carbons (Fsp3) is 0.533. The topological polar surface area (TPSA) is 43.8 Å². The Morgan fingerprint density at radius 1 is 1.33 bits per heavy atom. The number of imidazole rings is 1. The van der Waals surface area contributed by atoms with Gasteiger partial charge >= 0.3 is 0 Å². The van der Waals surface area contributed by atoms with Crippen LogP contribution in [-0.4, -0.2) is 15.6 Å². The van der Waals surface area contributed by atoms with E-state index in [9.17, 15) is 0 Å². The predicted molar refractivity (Wildman–Crippen MR) is 74.8 cm³/mol. The van der Waals surface area contributed by atoms with E-state index in [1.54, 1.807) is 0 Å². The summed E-state index contributed by atoms with van der Waals surface area (Å²) in [6.07, 6.45) is 2.25. The molecule has 0 aliphatic heterocycles. The summed E-state index contributed by atoms with van der Waals surface area (Å²) in [5.74, 6) is 2.28. The summed E-state index contributed by atoms with van der Waals surface area (Å²) in [7, 11) is 2.11. The molecule has 3 heteroatoms. The van der Waals surface area contributed by atoms with E-state index in [0.717, 1.165) is 24.2 Å². The van der Waals surface area contributed by atoms with Gasteiger partial charge in [-0.1, -0.05) is 19.9 Å². The van der Waals surface area contributed by atoms with E-state index in [-0.39, 0.29) is 0 Å². The van der Waals surface area contributed by atoms with Gasteiger partial charge in [0, 0.05) is 19.0 Å². The molecule has 1 aliphatic rings. The highest BCUT2D eigenvalue weighted by Gasteiger charge is 2.27. The van der Waals surface area contributed by atoms with Gasteiger partial charge in [0.2, 0.25) is 0 Å². The molecule has 1 saturated carbocycles. The summed E-state index contributed by atoms with van der Waals surface area (Å²) in [6, 6.07) is 7.07. The molecule has 18 heavy (non-hydrogen) atoms. The first-order chi connectivity index (χ1) is 8.56. The van der Waals surface area contributed by atoms with Crippen molar-refractivity contribution in [3.8, 4) is 0 Å². The number of hydrogen-bond donors (Lipinski definition) is 1. The van der Waals surface area contributed by atoms with E-state index in [4.69, 9.17) is 10.7 Å².